The van der Waals surface area contributed by atoms with Crippen LogP contribution in [-0.2, 0) is 4.79 Å². The zero-order valence-electron chi connectivity index (χ0n) is 17.8. The molecule has 33 heavy (non-hydrogen) atoms. The summed E-state index contributed by atoms with van der Waals surface area (Å²) in [5.41, 5.74) is -1.73. The molecule has 0 aromatic heterocycles. The van der Waals surface area contributed by atoms with Crippen LogP contribution in [0.2, 0.25) is 5.02 Å². The summed E-state index contributed by atoms with van der Waals surface area (Å²) in [4.78, 5) is 37.9. The number of anilines is 1. The lowest BCUT2D eigenvalue weighted by atomic mass is 9.74. The number of hydrogen-bond donors (Lipinski definition) is 2. The topological polar surface area (TPSA) is 111 Å². The van der Waals surface area contributed by atoms with E-state index in [2.05, 4.69) is 5.32 Å². The van der Waals surface area contributed by atoms with Crippen molar-refractivity contribution in [2.24, 2.45) is 5.92 Å². The van der Waals surface area contributed by atoms with E-state index >= 15 is 0 Å². The Kier molecular flexibility index (Phi) is 5.53. The second kappa shape index (κ2) is 8.08. The van der Waals surface area contributed by atoms with Crippen LogP contribution < -0.4 is 19.5 Å². The summed E-state index contributed by atoms with van der Waals surface area (Å²) in [6.07, 6.45) is 1.30. The minimum Gasteiger partial charge on any atom is -0.496 e. The summed E-state index contributed by atoms with van der Waals surface area (Å²) in [7, 11) is 2.77. The number of carbonyl (C=O) groups is 3. The minimum atomic E-state index is -1.86. The van der Waals surface area contributed by atoms with Crippen LogP contribution in [0.4, 0.5) is 10.1 Å². The van der Waals surface area contributed by atoms with E-state index in [9.17, 15) is 18.8 Å². The standard InChI is InChI=1S/C23H19ClFNO7/c1-10-6-12(26-14-7-11(22(29)30)4-5-13(14)25)8-17(27)23(10)21(28)18-15(31-2)9-16(32-3)19(24)20(18)33-23/h4-5,7-10,26H,6H2,1-3H3,(H,29,30)/t10-,23+/m1/s1. The average molecular weight is 476 g/mol. The van der Waals surface area contributed by atoms with Gasteiger partial charge in [-0.25, -0.2) is 9.18 Å². The molecule has 1 spiro atoms. The number of ether oxygens (including phenoxy) is 3. The number of rotatable bonds is 5. The van der Waals surface area contributed by atoms with Crippen LogP contribution in [-0.4, -0.2) is 42.5 Å². The lowest BCUT2D eigenvalue weighted by molar-refractivity contribution is -0.129. The third-order valence-electron chi connectivity index (χ3n) is 5.82. The number of Topliss-reactive ketones (excluding diaryl/α,β-unsaturated/α-hetero) is 1. The van der Waals surface area contributed by atoms with Crippen molar-refractivity contribution < 1.29 is 38.1 Å². The molecule has 2 N–H and O–H groups in total. The number of methoxy groups -OCH3 is 2. The van der Waals surface area contributed by atoms with E-state index in [1.54, 1.807) is 6.92 Å². The zero-order valence-corrected chi connectivity index (χ0v) is 18.6. The Bertz CT molecular complexity index is 1240. The highest BCUT2D eigenvalue weighted by atomic mass is 35.5. The average Bonchev–Trinajstić information content (AvgIpc) is 3.09. The molecule has 0 amide bonds. The van der Waals surface area contributed by atoms with Crippen LogP contribution in [0.25, 0.3) is 0 Å². The second-order valence-electron chi connectivity index (χ2n) is 7.73. The Balaban J connectivity index is 1.72. The quantitative estimate of drug-likeness (QED) is 0.621. The molecule has 2 atom stereocenters. The Morgan fingerprint density at radius 3 is 2.55 bits per heavy atom. The molecule has 172 valence electrons. The number of carboxylic acid groups (broad SMARTS) is 1. The van der Waals surface area contributed by atoms with Gasteiger partial charge in [0.15, 0.2) is 5.75 Å². The SMILES string of the molecule is COc1cc(OC)c2c(c1Cl)O[C@@]1(C(=O)C=C(Nc3cc(C(=O)O)ccc3F)C[C@H]1C)C2=O. The maximum atomic E-state index is 14.2. The number of fused-ring (bicyclic) bond motifs is 1. The van der Waals surface area contributed by atoms with Gasteiger partial charge in [0.2, 0.25) is 17.2 Å². The van der Waals surface area contributed by atoms with Gasteiger partial charge in [-0.2, -0.15) is 0 Å². The van der Waals surface area contributed by atoms with E-state index in [1.165, 1.54) is 20.3 Å². The van der Waals surface area contributed by atoms with Crippen LogP contribution in [0.5, 0.6) is 17.2 Å². The first kappa shape index (κ1) is 22.6. The van der Waals surface area contributed by atoms with Crippen LogP contribution >= 0.6 is 11.6 Å². The molecule has 10 heteroatoms. The van der Waals surface area contributed by atoms with E-state index < -0.39 is 34.9 Å². The number of allylic oxidation sites excluding steroid dienone is 1. The van der Waals surface area contributed by atoms with Crippen LogP contribution in [0, 0.1) is 11.7 Å². The molecule has 0 saturated heterocycles. The fourth-order valence-corrected chi connectivity index (χ4v) is 4.41. The number of hydrogen-bond acceptors (Lipinski definition) is 7. The van der Waals surface area contributed by atoms with Gasteiger partial charge in [-0.15, -0.1) is 0 Å². The lowest BCUT2D eigenvalue weighted by Crippen LogP contribution is -2.55. The first-order valence-electron chi connectivity index (χ1n) is 9.87. The maximum Gasteiger partial charge on any atom is 0.335 e. The highest BCUT2D eigenvalue weighted by Gasteiger charge is 2.60. The Morgan fingerprint density at radius 1 is 1.24 bits per heavy atom. The van der Waals surface area contributed by atoms with E-state index in [4.69, 9.17) is 30.9 Å². The fourth-order valence-electron chi connectivity index (χ4n) is 4.14. The molecule has 2 aromatic carbocycles. The molecular formula is C23H19ClFNO7. The van der Waals surface area contributed by atoms with Gasteiger partial charge in [0.25, 0.3) is 0 Å². The summed E-state index contributed by atoms with van der Waals surface area (Å²) in [5, 5.41) is 11.9. The Morgan fingerprint density at radius 2 is 1.94 bits per heavy atom. The van der Waals surface area contributed by atoms with Crippen LogP contribution in [0.15, 0.2) is 36.0 Å². The number of carboxylic acids is 1. The van der Waals surface area contributed by atoms with Crippen LogP contribution in [0.1, 0.15) is 34.1 Å². The summed E-state index contributed by atoms with van der Waals surface area (Å²) in [5.74, 6) is -3.44. The zero-order chi connectivity index (χ0) is 24.1. The highest BCUT2D eigenvalue weighted by Crippen LogP contribution is 2.53. The van der Waals surface area contributed by atoms with Gasteiger partial charge in [-0.05, 0) is 24.6 Å². The van der Waals surface area contributed by atoms with Gasteiger partial charge < -0.3 is 24.6 Å². The smallest absolute Gasteiger partial charge is 0.335 e. The molecule has 0 unspecified atom stereocenters. The molecule has 0 fully saturated rings. The lowest BCUT2D eigenvalue weighted by Gasteiger charge is -2.35. The molecular weight excluding hydrogens is 457 g/mol. The molecule has 0 saturated carbocycles. The predicted octanol–water partition coefficient (Wildman–Crippen LogP) is 4.11. The van der Waals surface area contributed by atoms with E-state index in [1.807, 2.05) is 0 Å². The van der Waals surface area contributed by atoms with Gasteiger partial charge in [0, 0.05) is 23.8 Å². The van der Waals surface area contributed by atoms with Crippen molar-refractivity contribution in [1.29, 1.82) is 0 Å². The molecule has 0 radical (unpaired) electrons. The number of carbonyl (C=O) groups excluding carboxylic acids is 2. The normalized spacial score (nSPS) is 21.4. The first-order chi connectivity index (χ1) is 15.6. The van der Waals surface area contributed by atoms with E-state index in [-0.39, 0.29) is 45.5 Å². The van der Waals surface area contributed by atoms with Crippen molar-refractivity contribution >= 4 is 34.8 Å². The Hall–Kier alpha value is -3.59. The monoisotopic (exact) mass is 475 g/mol. The summed E-state index contributed by atoms with van der Waals surface area (Å²) in [6, 6.07) is 4.72. The van der Waals surface area contributed by atoms with Gasteiger partial charge in [-0.1, -0.05) is 18.5 Å². The third kappa shape index (κ3) is 3.39. The number of aromatic carboxylic acids is 1. The van der Waals surface area contributed by atoms with Gasteiger partial charge in [0.05, 0.1) is 25.5 Å². The van der Waals surface area contributed by atoms with Crippen molar-refractivity contribution in [3.63, 3.8) is 0 Å². The second-order valence-corrected chi connectivity index (χ2v) is 8.11. The number of halogens is 2. The summed E-state index contributed by atoms with van der Waals surface area (Å²) >= 11 is 6.35. The van der Waals surface area contributed by atoms with Crippen molar-refractivity contribution in [1.82, 2.24) is 0 Å². The van der Waals surface area contributed by atoms with Gasteiger partial charge in [0.1, 0.15) is 27.9 Å². The largest absolute Gasteiger partial charge is 0.496 e. The molecule has 2 aliphatic rings. The number of benzene rings is 2. The Labute approximate surface area is 192 Å². The highest BCUT2D eigenvalue weighted by molar-refractivity contribution is 6.36. The minimum absolute atomic E-state index is 0.00285. The molecule has 2 aromatic rings. The van der Waals surface area contributed by atoms with Crippen molar-refractivity contribution in [3.8, 4) is 17.2 Å². The van der Waals surface area contributed by atoms with Crippen molar-refractivity contribution in [3.05, 3.63) is 58.0 Å². The van der Waals surface area contributed by atoms with Crippen molar-refractivity contribution in [2.75, 3.05) is 19.5 Å². The van der Waals surface area contributed by atoms with Gasteiger partial charge in [-0.3, -0.25) is 9.59 Å². The third-order valence-corrected chi connectivity index (χ3v) is 6.18. The van der Waals surface area contributed by atoms with Crippen LogP contribution in [0.3, 0.4) is 0 Å². The first-order valence-corrected chi connectivity index (χ1v) is 10.2. The van der Waals surface area contributed by atoms with Gasteiger partial charge >= 0.3 is 5.97 Å². The van der Waals surface area contributed by atoms with E-state index in [0.717, 1.165) is 24.3 Å². The molecule has 1 aliphatic heterocycles. The summed E-state index contributed by atoms with van der Waals surface area (Å²) < 4.78 is 30.7. The molecule has 8 nitrogen and oxygen atoms in total. The molecule has 4 rings (SSSR count). The molecule has 1 heterocycles. The number of nitrogens with one attached hydrogen (secondary N) is 1. The maximum absolute atomic E-state index is 14.2. The predicted molar refractivity (Wildman–Crippen MR) is 116 cm³/mol. The molecule has 0 bridgehead atoms. The van der Waals surface area contributed by atoms with E-state index in [0.29, 0.717) is 5.70 Å². The molecule has 1 aliphatic carbocycles. The number of ketones is 2. The summed E-state index contributed by atoms with van der Waals surface area (Å²) in [6.45, 7) is 1.65. The van der Waals surface area contributed by atoms with Crippen molar-refractivity contribution in [2.45, 2.75) is 18.9 Å². The fraction of sp³-hybridized carbons (Fsp3) is 0.261.